The molecule has 1 aliphatic heterocycles. The molecule has 1 fully saturated rings. The lowest BCUT2D eigenvalue weighted by atomic mass is 9.97. The Bertz CT molecular complexity index is 574. The Balaban J connectivity index is 1.99. The lowest BCUT2D eigenvalue weighted by molar-refractivity contribution is -0.224. The van der Waals surface area contributed by atoms with Crippen LogP contribution in [0, 0.1) is 5.92 Å². The van der Waals surface area contributed by atoms with E-state index in [0.29, 0.717) is 17.0 Å². The standard InChI is InChI=1S/C10H12IN5O2/c11-1-5-6(2-17)18-10(5)16-4-15-7-8(12)13-3-14-9(7)16/h3-6,10,17H,1-2H2,(H2,12,13,14). The molecule has 3 heterocycles. The summed E-state index contributed by atoms with van der Waals surface area (Å²) < 4.78 is 8.40. The minimum absolute atomic E-state index is 0.0356. The maximum absolute atomic E-state index is 9.16. The van der Waals surface area contributed by atoms with Gasteiger partial charge in [-0.05, 0) is 0 Å². The van der Waals surface area contributed by atoms with Crippen LogP contribution in [0.1, 0.15) is 6.23 Å². The Kier molecular flexibility index (Phi) is 3.08. The number of hydrogen-bond donors (Lipinski definition) is 2. The molecule has 96 valence electrons. The second-order valence-corrected chi connectivity index (χ2v) is 5.03. The molecule has 3 N–H and O–H groups in total. The number of imidazole rings is 1. The summed E-state index contributed by atoms with van der Waals surface area (Å²) in [6.07, 6.45) is 2.83. The molecule has 8 heteroatoms. The molecule has 2 aromatic rings. The molecule has 0 saturated carbocycles. The van der Waals surface area contributed by atoms with Gasteiger partial charge in [0.25, 0.3) is 0 Å². The first-order valence-corrected chi connectivity index (χ1v) is 7.04. The van der Waals surface area contributed by atoms with E-state index in [9.17, 15) is 0 Å². The molecule has 18 heavy (non-hydrogen) atoms. The van der Waals surface area contributed by atoms with Crippen LogP contribution in [0.15, 0.2) is 12.7 Å². The lowest BCUT2D eigenvalue weighted by Gasteiger charge is -2.43. The van der Waals surface area contributed by atoms with E-state index in [4.69, 9.17) is 15.6 Å². The van der Waals surface area contributed by atoms with Gasteiger partial charge >= 0.3 is 0 Å². The Labute approximate surface area is 117 Å². The van der Waals surface area contributed by atoms with Crippen LogP contribution >= 0.6 is 22.6 Å². The highest BCUT2D eigenvalue weighted by Crippen LogP contribution is 2.39. The number of aliphatic hydroxyl groups is 1. The molecule has 0 radical (unpaired) electrons. The third kappa shape index (κ3) is 1.67. The van der Waals surface area contributed by atoms with E-state index >= 15 is 0 Å². The number of ether oxygens (including phenoxy) is 1. The minimum Gasteiger partial charge on any atom is -0.394 e. The van der Waals surface area contributed by atoms with E-state index in [1.807, 2.05) is 4.57 Å². The maximum Gasteiger partial charge on any atom is 0.167 e. The zero-order chi connectivity index (χ0) is 12.7. The van der Waals surface area contributed by atoms with Gasteiger partial charge in [-0.15, -0.1) is 0 Å². The van der Waals surface area contributed by atoms with Crippen molar-refractivity contribution in [2.75, 3.05) is 16.8 Å². The molecule has 0 aromatic carbocycles. The third-order valence-corrected chi connectivity index (χ3v) is 4.19. The van der Waals surface area contributed by atoms with E-state index in [2.05, 4.69) is 37.5 Å². The Morgan fingerprint density at radius 1 is 1.44 bits per heavy atom. The molecule has 2 aromatic heterocycles. The van der Waals surface area contributed by atoms with Crippen molar-refractivity contribution in [3.8, 4) is 0 Å². The van der Waals surface area contributed by atoms with Gasteiger partial charge in [-0.3, -0.25) is 4.57 Å². The van der Waals surface area contributed by atoms with Crippen molar-refractivity contribution < 1.29 is 9.84 Å². The van der Waals surface area contributed by atoms with Crippen molar-refractivity contribution in [3.05, 3.63) is 12.7 Å². The average molecular weight is 361 g/mol. The highest BCUT2D eigenvalue weighted by Gasteiger charge is 2.43. The maximum atomic E-state index is 9.16. The quantitative estimate of drug-likeness (QED) is 0.605. The molecule has 0 spiro atoms. The number of aliphatic hydroxyl groups excluding tert-OH is 1. The topological polar surface area (TPSA) is 99.1 Å². The molecule has 0 aliphatic carbocycles. The number of aromatic nitrogens is 4. The largest absolute Gasteiger partial charge is 0.394 e. The van der Waals surface area contributed by atoms with E-state index in [1.165, 1.54) is 6.33 Å². The summed E-state index contributed by atoms with van der Waals surface area (Å²) >= 11 is 2.29. The highest BCUT2D eigenvalue weighted by molar-refractivity contribution is 14.1. The third-order valence-electron chi connectivity index (χ3n) is 3.18. The number of alkyl halides is 1. The number of nitrogens with zero attached hydrogens (tertiary/aromatic N) is 4. The number of rotatable bonds is 3. The van der Waals surface area contributed by atoms with Gasteiger partial charge in [-0.2, -0.15) is 0 Å². The van der Waals surface area contributed by atoms with Crippen LogP contribution in [-0.4, -0.2) is 41.8 Å². The second kappa shape index (κ2) is 4.59. The van der Waals surface area contributed by atoms with Crippen molar-refractivity contribution in [2.45, 2.75) is 12.3 Å². The normalized spacial score (nSPS) is 27.3. The van der Waals surface area contributed by atoms with Crippen molar-refractivity contribution >= 4 is 39.6 Å². The average Bonchev–Trinajstić information content (AvgIpc) is 2.75. The summed E-state index contributed by atoms with van der Waals surface area (Å²) in [4.78, 5) is 12.3. The number of fused-ring (bicyclic) bond motifs is 1. The first-order valence-electron chi connectivity index (χ1n) is 5.51. The number of hydrogen-bond acceptors (Lipinski definition) is 6. The molecule has 1 aliphatic rings. The van der Waals surface area contributed by atoms with Crippen LogP contribution in [-0.2, 0) is 4.74 Å². The van der Waals surface area contributed by atoms with Gasteiger partial charge in [0.1, 0.15) is 18.1 Å². The van der Waals surface area contributed by atoms with Crippen LogP contribution in [0.2, 0.25) is 0 Å². The van der Waals surface area contributed by atoms with Crippen molar-refractivity contribution in [3.63, 3.8) is 0 Å². The second-order valence-electron chi connectivity index (χ2n) is 4.15. The number of nitrogen functional groups attached to an aromatic ring is 1. The van der Waals surface area contributed by atoms with Gasteiger partial charge in [-0.1, -0.05) is 22.6 Å². The number of anilines is 1. The molecule has 3 atom stereocenters. The lowest BCUT2D eigenvalue weighted by Crippen LogP contribution is -2.48. The van der Waals surface area contributed by atoms with E-state index in [1.54, 1.807) is 6.33 Å². The molecule has 3 unspecified atom stereocenters. The Hall–Kier alpha value is -1.00. The predicted octanol–water partition coefficient (Wildman–Crippen LogP) is 0.349. The predicted molar refractivity (Wildman–Crippen MR) is 73.1 cm³/mol. The Morgan fingerprint density at radius 3 is 3.00 bits per heavy atom. The summed E-state index contributed by atoms with van der Waals surface area (Å²) in [5, 5.41) is 9.16. The number of nitrogens with two attached hydrogens (primary N) is 1. The fourth-order valence-electron chi connectivity index (χ4n) is 2.16. The summed E-state index contributed by atoms with van der Waals surface area (Å²) in [5.74, 6) is 0.618. The van der Waals surface area contributed by atoms with E-state index in [0.717, 1.165) is 4.43 Å². The molecule has 0 bridgehead atoms. The van der Waals surface area contributed by atoms with Gasteiger partial charge in [-0.25, -0.2) is 15.0 Å². The number of halogens is 1. The summed E-state index contributed by atoms with van der Waals surface area (Å²) in [6, 6.07) is 0. The first-order chi connectivity index (χ1) is 8.76. The van der Waals surface area contributed by atoms with Crippen molar-refractivity contribution in [1.82, 2.24) is 19.5 Å². The van der Waals surface area contributed by atoms with Crippen LogP contribution < -0.4 is 5.73 Å². The smallest absolute Gasteiger partial charge is 0.167 e. The molecule has 7 nitrogen and oxygen atoms in total. The zero-order valence-electron chi connectivity index (χ0n) is 9.40. The fraction of sp³-hybridized carbons (Fsp3) is 0.500. The summed E-state index contributed by atoms with van der Waals surface area (Å²) in [7, 11) is 0. The fourth-order valence-corrected chi connectivity index (χ4v) is 3.16. The van der Waals surface area contributed by atoms with E-state index in [-0.39, 0.29) is 24.9 Å². The first kappa shape index (κ1) is 12.1. The van der Waals surface area contributed by atoms with Gasteiger partial charge in [0.2, 0.25) is 0 Å². The Morgan fingerprint density at radius 2 is 2.28 bits per heavy atom. The summed E-state index contributed by atoms with van der Waals surface area (Å²) in [6.45, 7) is 0.0356. The molecule has 3 rings (SSSR count). The molecular weight excluding hydrogens is 349 g/mol. The monoisotopic (exact) mass is 361 g/mol. The van der Waals surface area contributed by atoms with E-state index < -0.39 is 0 Å². The SMILES string of the molecule is Nc1ncnc2c1ncn2C1OC(CO)C1CI. The van der Waals surface area contributed by atoms with Crippen molar-refractivity contribution in [1.29, 1.82) is 0 Å². The summed E-state index contributed by atoms with van der Waals surface area (Å²) in [5.41, 5.74) is 6.99. The van der Waals surface area contributed by atoms with Gasteiger partial charge in [0, 0.05) is 10.3 Å². The van der Waals surface area contributed by atoms with Crippen LogP contribution in [0.3, 0.4) is 0 Å². The minimum atomic E-state index is -0.140. The van der Waals surface area contributed by atoms with Gasteiger partial charge < -0.3 is 15.6 Å². The molecule has 0 amide bonds. The zero-order valence-corrected chi connectivity index (χ0v) is 11.6. The van der Waals surface area contributed by atoms with Gasteiger partial charge in [0.15, 0.2) is 11.5 Å². The van der Waals surface area contributed by atoms with Crippen molar-refractivity contribution in [2.24, 2.45) is 5.92 Å². The highest BCUT2D eigenvalue weighted by atomic mass is 127. The van der Waals surface area contributed by atoms with Crippen LogP contribution in [0.4, 0.5) is 5.82 Å². The van der Waals surface area contributed by atoms with Crippen LogP contribution in [0.25, 0.3) is 11.2 Å². The molecular formula is C10H12IN5O2. The molecule has 1 saturated heterocycles. The van der Waals surface area contributed by atoms with Crippen LogP contribution in [0.5, 0.6) is 0 Å². The van der Waals surface area contributed by atoms with Gasteiger partial charge in [0.05, 0.1) is 19.0 Å².